The maximum absolute atomic E-state index is 10.0. The van der Waals surface area contributed by atoms with Crippen molar-refractivity contribution in [3.63, 3.8) is 0 Å². The van der Waals surface area contributed by atoms with Gasteiger partial charge >= 0.3 is 0 Å². The molecule has 0 aromatic heterocycles. The van der Waals surface area contributed by atoms with E-state index in [9.17, 15) is 5.11 Å². The third-order valence-corrected chi connectivity index (χ3v) is 2.58. The molecule has 0 aliphatic rings. The van der Waals surface area contributed by atoms with Crippen LogP contribution in [0.2, 0.25) is 0 Å². The van der Waals surface area contributed by atoms with Gasteiger partial charge in [0.25, 0.3) is 0 Å². The third-order valence-electron chi connectivity index (χ3n) is 2.58. The van der Waals surface area contributed by atoms with Gasteiger partial charge in [0, 0.05) is 0 Å². The van der Waals surface area contributed by atoms with Crippen LogP contribution in [-0.2, 0) is 0 Å². The Labute approximate surface area is 115 Å². The lowest BCUT2D eigenvalue weighted by Gasteiger charge is -2.11. The maximum atomic E-state index is 10.0. The van der Waals surface area contributed by atoms with Gasteiger partial charge in [-0.05, 0) is 37.8 Å². The summed E-state index contributed by atoms with van der Waals surface area (Å²) in [4.78, 5) is 0. The topological polar surface area (TPSA) is 38.7 Å². The van der Waals surface area contributed by atoms with E-state index >= 15 is 0 Å². The van der Waals surface area contributed by atoms with Gasteiger partial charge in [0.2, 0.25) is 5.75 Å². The van der Waals surface area contributed by atoms with Gasteiger partial charge in [0.05, 0.1) is 13.2 Å². The standard InChI is InChI=1S/C16H22O3/c1-3-5-7-12-18-14-10-9-11-15(16(14)17)19-13-8-6-4-2/h3-4,9-11,17H,1-2,5-8,12-13H2. The van der Waals surface area contributed by atoms with Gasteiger partial charge < -0.3 is 14.6 Å². The fourth-order valence-corrected chi connectivity index (χ4v) is 1.55. The molecule has 3 nitrogen and oxygen atoms in total. The molecule has 3 heteroatoms. The zero-order valence-electron chi connectivity index (χ0n) is 11.3. The number of unbranched alkanes of at least 4 members (excludes halogenated alkanes) is 2. The maximum Gasteiger partial charge on any atom is 0.200 e. The quantitative estimate of drug-likeness (QED) is 0.510. The van der Waals surface area contributed by atoms with Gasteiger partial charge in [-0.3, -0.25) is 0 Å². The van der Waals surface area contributed by atoms with Gasteiger partial charge in [0.15, 0.2) is 11.5 Å². The van der Waals surface area contributed by atoms with Crippen LogP contribution in [0.15, 0.2) is 43.5 Å². The van der Waals surface area contributed by atoms with E-state index in [-0.39, 0.29) is 5.75 Å². The number of phenolic OH excluding ortho intramolecular Hbond substituents is 1. The number of ether oxygens (including phenoxy) is 2. The van der Waals surface area contributed by atoms with Gasteiger partial charge in [0.1, 0.15) is 0 Å². The molecule has 0 saturated carbocycles. The number of hydrogen-bond acceptors (Lipinski definition) is 3. The number of hydrogen-bond donors (Lipinski definition) is 1. The first-order valence-corrected chi connectivity index (χ1v) is 6.59. The lowest BCUT2D eigenvalue weighted by Crippen LogP contribution is -2.00. The van der Waals surface area contributed by atoms with Crippen LogP contribution in [0, 0.1) is 0 Å². The van der Waals surface area contributed by atoms with Gasteiger partial charge in [-0.15, -0.1) is 13.2 Å². The van der Waals surface area contributed by atoms with E-state index in [0.29, 0.717) is 24.7 Å². The van der Waals surface area contributed by atoms with Crippen LogP contribution in [0.4, 0.5) is 0 Å². The van der Waals surface area contributed by atoms with E-state index in [0.717, 1.165) is 25.7 Å². The Bertz CT molecular complexity index is 365. The first-order chi connectivity index (χ1) is 9.29. The van der Waals surface area contributed by atoms with E-state index in [1.807, 2.05) is 18.2 Å². The summed E-state index contributed by atoms with van der Waals surface area (Å²) in [6.07, 6.45) is 7.27. The van der Waals surface area contributed by atoms with Crippen molar-refractivity contribution in [1.82, 2.24) is 0 Å². The highest BCUT2D eigenvalue weighted by molar-refractivity contribution is 5.49. The molecule has 0 radical (unpaired) electrons. The Hall–Kier alpha value is -1.90. The molecule has 0 bridgehead atoms. The summed E-state index contributed by atoms with van der Waals surface area (Å²) >= 11 is 0. The van der Waals surface area contributed by atoms with Crippen molar-refractivity contribution in [1.29, 1.82) is 0 Å². The molecule has 1 rings (SSSR count). The predicted molar refractivity (Wildman–Crippen MR) is 78.0 cm³/mol. The second-order valence-electron chi connectivity index (χ2n) is 4.16. The molecule has 0 fully saturated rings. The molecule has 0 atom stereocenters. The summed E-state index contributed by atoms with van der Waals surface area (Å²) in [6, 6.07) is 5.28. The normalized spacial score (nSPS) is 9.89. The van der Waals surface area contributed by atoms with Crippen molar-refractivity contribution < 1.29 is 14.6 Å². The van der Waals surface area contributed by atoms with E-state index in [2.05, 4.69) is 13.2 Å². The number of rotatable bonds is 10. The molecule has 1 N–H and O–H groups in total. The van der Waals surface area contributed by atoms with Gasteiger partial charge in [-0.25, -0.2) is 0 Å². The minimum atomic E-state index is 0.0692. The summed E-state index contributed by atoms with van der Waals surface area (Å²) in [6.45, 7) is 8.42. The molecule has 0 amide bonds. The summed E-state index contributed by atoms with van der Waals surface area (Å²) in [5.74, 6) is 0.996. The Balaban J connectivity index is 2.48. The van der Waals surface area contributed by atoms with Crippen LogP contribution >= 0.6 is 0 Å². The Morgan fingerprint density at radius 3 is 1.84 bits per heavy atom. The van der Waals surface area contributed by atoms with Crippen molar-refractivity contribution in [2.45, 2.75) is 25.7 Å². The first kappa shape index (κ1) is 15.2. The lowest BCUT2D eigenvalue weighted by molar-refractivity contribution is 0.269. The van der Waals surface area contributed by atoms with E-state index < -0.39 is 0 Å². The number of phenols is 1. The van der Waals surface area contributed by atoms with Crippen LogP contribution in [-0.4, -0.2) is 18.3 Å². The van der Waals surface area contributed by atoms with Crippen LogP contribution < -0.4 is 9.47 Å². The fourth-order valence-electron chi connectivity index (χ4n) is 1.55. The Morgan fingerprint density at radius 1 is 0.947 bits per heavy atom. The minimum absolute atomic E-state index is 0.0692. The van der Waals surface area contributed by atoms with Gasteiger partial charge in [-0.2, -0.15) is 0 Å². The average Bonchev–Trinajstić information content (AvgIpc) is 2.43. The summed E-state index contributed by atoms with van der Waals surface area (Å²) in [5, 5.41) is 10.0. The molecule has 0 saturated heterocycles. The molecule has 1 aromatic rings. The summed E-state index contributed by atoms with van der Waals surface area (Å²) in [5.41, 5.74) is 0. The Morgan fingerprint density at radius 2 is 1.42 bits per heavy atom. The highest BCUT2D eigenvalue weighted by atomic mass is 16.5. The van der Waals surface area contributed by atoms with E-state index in [1.165, 1.54) is 0 Å². The highest BCUT2D eigenvalue weighted by Crippen LogP contribution is 2.35. The largest absolute Gasteiger partial charge is 0.502 e. The average molecular weight is 262 g/mol. The first-order valence-electron chi connectivity index (χ1n) is 6.59. The second kappa shape index (κ2) is 9.09. The smallest absolute Gasteiger partial charge is 0.200 e. The predicted octanol–water partition coefficient (Wildman–Crippen LogP) is 4.08. The molecular weight excluding hydrogens is 240 g/mol. The van der Waals surface area contributed by atoms with Crippen LogP contribution in [0.5, 0.6) is 17.2 Å². The molecule has 19 heavy (non-hydrogen) atoms. The van der Waals surface area contributed by atoms with Crippen LogP contribution in [0.3, 0.4) is 0 Å². The molecule has 104 valence electrons. The van der Waals surface area contributed by atoms with Crippen molar-refractivity contribution in [2.75, 3.05) is 13.2 Å². The molecule has 0 aliphatic carbocycles. The zero-order chi connectivity index (χ0) is 13.9. The lowest BCUT2D eigenvalue weighted by atomic mass is 10.3. The summed E-state index contributed by atoms with van der Waals surface area (Å²) < 4.78 is 11.0. The minimum Gasteiger partial charge on any atom is -0.502 e. The Kier molecular flexibility index (Phi) is 7.25. The van der Waals surface area contributed by atoms with Crippen LogP contribution in [0.25, 0.3) is 0 Å². The fraction of sp³-hybridized carbons (Fsp3) is 0.375. The van der Waals surface area contributed by atoms with Crippen LogP contribution in [0.1, 0.15) is 25.7 Å². The molecule has 1 aromatic carbocycles. The number of allylic oxidation sites excluding steroid dienone is 2. The summed E-state index contributed by atoms with van der Waals surface area (Å²) in [7, 11) is 0. The second-order valence-corrected chi connectivity index (χ2v) is 4.16. The van der Waals surface area contributed by atoms with E-state index in [1.54, 1.807) is 12.1 Å². The third kappa shape index (κ3) is 5.51. The number of benzene rings is 1. The molecule has 0 unspecified atom stereocenters. The van der Waals surface area contributed by atoms with Crippen molar-refractivity contribution in [3.05, 3.63) is 43.5 Å². The van der Waals surface area contributed by atoms with Crippen molar-refractivity contribution in [3.8, 4) is 17.2 Å². The van der Waals surface area contributed by atoms with E-state index in [4.69, 9.17) is 9.47 Å². The number of aromatic hydroxyl groups is 1. The molecule has 0 spiro atoms. The SMILES string of the molecule is C=CCCCOc1cccc(OCCCC=C)c1O. The molecule has 0 aliphatic heterocycles. The molecule has 0 heterocycles. The monoisotopic (exact) mass is 262 g/mol. The highest BCUT2D eigenvalue weighted by Gasteiger charge is 2.08. The van der Waals surface area contributed by atoms with Crippen molar-refractivity contribution in [2.24, 2.45) is 0 Å². The van der Waals surface area contributed by atoms with Gasteiger partial charge in [-0.1, -0.05) is 18.2 Å². The zero-order valence-corrected chi connectivity index (χ0v) is 11.3. The molecular formula is C16H22O3. The van der Waals surface area contributed by atoms with Crippen molar-refractivity contribution >= 4 is 0 Å². The number of para-hydroxylation sites is 1.